The molecule has 0 radical (unpaired) electrons. The van der Waals surface area contributed by atoms with E-state index in [0.717, 1.165) is 25.7 Å². The summed E-state index contributed by atoms with van der Waals surface area (Å²) in [7, 11) is 3.67. The Kier molecular flexibility index (Phi) is 33.5. The number of hydrogen-bond acceptors (Lipinski definition) is 2. The van der Waals surface area contributed by atoms with Crippen molar-refractivity contribution in [3.05, 3.63) is 0 Å². The summed E-state index contributed by atoms with van der Waals surface area (Å²) in [6.07, 6.45) is 30.1. The van der Waals surface area contributed by atoms with Crippen LogP contribution in [0.1, 0.15) is 168 Å². The number of carbonyl (C=O) groups is 1. The molecule has 0 heterocycles. The number of unbranched alkanes of at least 4 members (excludes halogenated alkanes) is 18. The normalized spacial score (nSPS) is 11.9. The first-order valence-electron chi connectivity index (χ1n) is 15.1. The number of rotatable bonds is 24. The molecule has 4 nitrogen and oxygen atoms in total. The summed E-state index contributed by atoms with van der Waals surface area (Å²) in [4.78, 5) is 10.6. The summed E-state index contributed by atoms with van der Waals surface area (Å²) in [6, 6.07) is 0.407. The van der Waals surface area contributed by atoms with Crippen molar-refractivity contribution in [2.45, 2.75) is 174 Å². The van der Waals surface area contributed by atoms with Gasteiger partial charge in [-0.05, 0) is 12.8 Å². The Morgan fingerprint density at radius 3 is 1.14 bits per heavy atom. The van der Waals surface area contributed by atoms with Gasteiger partial charge in [0.25, 0.3) is 0 Å². The Balaban J connectivity index is -0.000000784. The van der Waals surface area contributed by atoms with Crippen molar-refractivity contribution in [1.29, 1.82) is 0 Å². The van der Waals surface area contributed by atoms with Crippen molar-refractivity contribution in [3.63, 3.8) is 0 Å². The average molecular weight is 521 g/mol. The standard InChI is InChI=1S/C22H45NO.C8H20NO.ClH/c1-2-3-4-5-6-7-8-9-10-11-12-13-14-15-16-17-18-19-20-21-22(23)24;1-5-7-8(6-2)9(3,4)10;/h2-21H2,1H3,(H2,23,24);8,10H,5-7H2,1-4H3;1H/q;+1;/p-1. The highest BCUT2D eigenvalue weighted by atomic mass is 35.5. The van der Waals surface area contributed by atoms with Crippen LogP contribution >= 0.6 is 0 Å². The molecule has 0 saturated heterocycles. The van der Waals surface area contributed by atoms with Crippen molar-refractivity contribution < 1.29 is 27.1 Å². The highest BCUT2D eigenvalue weighted by molar-refractivity contribution is 5.73. The number of nitrogens with zero attached hydrogens (tertiary/aromatic N) is 1. The van der Waals surface area contributed by atoms with Gasteiger partial charge in [0.15, 0.2) is 0 Å². The Bertz CT molecular complexity index is 414. The molecule has 0 rings (SSSR count). The number of halogens is 1. The predicted molar refractivity (Wildman–Crippen MR) is 150 cm³/mol. The Morgan fingerprint density at radius 1 is 0.629 bits per heavy atom. The molecule has 0 aromatic rings. The fourth-order valence-electron chi connectivity index (χ4n) is 4.68. The van der Waals surface area contributed by atoms with Gasteiger partial charge in [-0.1, -0.05) is 143 Å². The maximum absolute atomic E-state index is 10.6. The van der Waals surface area contributed by atoms with Gasteiger partial charge in [-0.2, -0.15) is 4.65 Å². The van der Waals surface area contributed by atoms with E-state index in [0.29, 0.717) is 12.5 Å². The fourth-order valence-corrected chi connectivity index (χ4v) is 4.68. The second kappa shape index (κ2) is 29.9. The Hall–Kier alpha value is -0.320. The maximum Gasteiger partial charge on any atom is 0.217 e. The number of primary amides is 1. The summed E-state index contributed by atoms with van der Waals surface area (Å²) in [6.45, 7) is 6.56. The molecule has 35 heavy (non-hydrogen) atoms. The molecule has 5 heteroatoms. The highest BCUT2D eigenvalue weighted by Gasteiger charge is 2.23. The van der Waals surface area contributed by atoms with Crippen LogP contribution in [0.4, 0.5) is 0 Å². The van der Waals surface area contributed by atoms with Crippen LogP contribution in [0.3, 0.4) is 0 Å². The van der Waals surface area contributed by atoms with Gasteiger partial charge in [0.1, 0.15) is 6.04 Å². The van der Waals surface area contributed by atoms with Crippen molar-refractivity contribution in [1.82, 2.24) is 0 Å². The van der Waals surface area contributed by atoms with Gasteiger partial charge in [0.2, 0.25) is 5.91 Å². The fraction of sp³-hybridized carbons (Fsp3) is 0.967. The number of hydrogen-bond donors (Lipinski definition) is 2. The van der Waals surface area contributed by atoms with Crippen molar-refractivity contribution >= 4 is 5.91 Å². The molecule has 1 unspecified atom stereocenters. The summed E-state index contributed by atoms with van der Waals surface area (Å²) in [5.74, 6) is -0.151. The molecule has 214 valence electrons. The van der Waals surface area contributed by atoms with Crippen LogP contribution < -0.4 is 18.1 Å². The molecule has 0 fully saturated rings. The van der Waals surface area contributed by atoms with E-state index in [2.05, 4.69) is 20.8 Å². The molecule has 0 aromatic carbocycles. The van der Waals surface area contributed by atoms with E-state index in [1.165, 1.54) is 116 Å². The molecule has 0 aliphatic heterocycles. The van der Waals surface area contributed by atoms with Gasteiger partial charge >= 0.3 is 0 Å². The second-order valence-corrected chi connectivity index (χ2v) is 10.9. The third kappa shape index (κ3) is 33.7. The SMILES string of the molecule is CCCC(CC)[N+](C)(C)O.CCCCCCCCCCCCCCCCCCCCCC(N)=O.[Cl-]. The van der Waals surface area contributed by atoms with Crippen LogP contribution in [-0.4, -0.2) is 35.9 Å². The zero-order valence-electron chi connectivity index (χ0n) is 24.6. The molecule has 1 amide bonds. The smallest absolute Gasteiger partial charge is 0.217 e. The first kappa shape index (κ1) is 39.2. The lowest BCUT2D eigenvalue weighted by Crippen LogP contribution is -3.00. The molecule has 0 aromatic heterocycles. The summed E-state index contributed by atoms with van der Waals surface area (Å²) in [5, 5.41) is 9.55. The van der Waals surface area contributed by atoms with Crippen molar-refractivity contribution in [2.24, 2.45) is 5.73 Å². The van der Waals surface area contributed by atoms with E-state index in [1.807, 2.05) is 14.1 Å². The molecule has 1 atom stereocenters. The molecule has 0 saturated carbocycles. The molecule has 0 bridgehead atoms. The minimum atomic E-state index is -0.151. The third-order valence-corrected chi connectivity index (χ3v) is 7.01. The van der Waals surface area contributed by atoms with Crippen LogP contribution in [-0.2, 0) is 4.79 Å². The van der Waals surface area contributed by atoms with Crippen LogP contribution in [0, 0.1) is 0 Å². The third-order valence-electron chi connectivity index (χ3n) is 7.01. The number of carbonyl (C=O) groups excluding carboxylic acids is 1. The van der Waals surface area contributed by atoms with E-state index in [-0.39, 0.29) is 23.0 Å². The molecule has 3 N–H and O–H groups in total. The maximum atomic E-state index is 10.6. The lowest BCUT2D eigenvalue weighted by Gasteiger charge is -2.29. The summed E-state index contributed by atoms with van der Waals surface area (Å²) in [5.41, 5.74) is 5.13. The quantitative estimate of drug-likeness (QED) is 0.0887. The predicted octanol–water partition coefficient (Wildman–Crippen LogP) is 6.33. The Morgan fingerprint density at radius 2 is 0.943 bits per heavy atom. The molecule has 0 aliphatic rings. The summed E-state index contributed by atoms with van der Waals surface area (Å²) >= 11 is 0. The largest absolute Gasteiger partial charge is 1.00 e. The van der Waals surface area contributed by atoms with Crippen molar-refractivity contribution in [3.8, 4) is 0 Å². The first-order valence-corrected chi connectivity index (χ1v) is 15.1. The zero-order valence-corrected chi connectivity index (χ0v) is 25.4. The highest BCUT2D eigenvalue weighted by Crippen LogP contribution is 2.15. The molecular formula is C30H65ClN2O2. The van der Waals surface area contributed by atoms with E-state index in [1.54, 1.807) is 0 Å². The van der Waals surface area contributed by atoms with E-state index in [9.17, 15) is 10.0 Å². The molecule has 0 spiro atoms. The van der Waals surface area contributed by atoms with Crippen LogP contribution in [0.15, 0.2) is 0 Å². The topological polar surface area (TPSA) is 63.3 Å². The average Bonchev–Trinajstić information content (AvgIpc) is 2.78. The monoisotopic (exact) mass is 520 g/mol. The van der Waals surface area contributed by atoms with Crippen LogP contribution in [0.5, 0.6) is 0 Å². The number of nitrogens with two attached hydrogens (primary N) is 1. The van der Waals surface area contributed by atoms with Gasteiger partial charge in [0.05, 0.1) is 14.1 Å². The van der Waals surface area contributed by atoms with E-state index < -0.39 is 0 Å². The van der Waals surface area contributed by atoms with Gasteiger partial charge < -0.3 is 18.1 Å². The first-order chi connectivity index (χ1) is 16.3. The molecular weight excluding hydrogens is 456 g/mol. The van der Waals surface area contributed by atoms with Gasteiger partial charge in [0, 0.05) is 12.8 Å². The summed E-state index contributed by atoms with van der Waals surface area (Å²) < 4.78 is 0.115. The lowest BCUT2D eigenvalue weighted by atomic mass is 10.0. The van der Waals surface area contributed by atoms with Crippen LogP contribution in [0.2, 0.25) is 0 Å². The Labute approximate surface area is 227 Å². The van der Waals surface area contributed by atoms with Gasteiger partial charge in [-0.3, -0.25) is 4.79 Å². The van der Waals surface area contributed by atoms with Gasteiger partial charge in [-0.15, -0.1) is 0 Å². The number of quaternary nitrogens is 1. The minimum absolute atomic E-state index is 0. The molecule has 0 aliphatic carbocycles. The number of hydroxylamine groups is 3. The van der Waals surface area contributed by atoms with Crippen LogP contribution in [0.25, 0.3) is 0 Å². The number of amides is 1. The minimum Gasteiger partial charge on any atom is -1.00 e. The second-order valence-electron chi connectivity index (χ2n) is 10.9. The van der Waals surface area contributed by atoms with Crippen molar-refractivity contribution in [2.75, 3.05) is 14.1 Å². The van der Waals surface area contributed by atoms with E-state index in [4.69, 9.17) is 5.73 Å². The zero-order chi connectivity index (χ0) is 25.9. The lowest BCUT2D eigenvalue weighted by molar-refractivity contribution is -1.09. The van der Waals surface area contributed by atoms with Gasteiger partial charge in [-0.25, -0.2) is 5.21 Å². The van der Waals surface area contributed by atoms with E-state index >= 15 is 0 Å².